The third kappa shape index (κ3) is 3.84. The maximum Gasteiger partial charge on any atom is 0.259 e. The Kier molecular flexibility index (Phi) is 5.60. The lowest BCUT2D eigenvalue weighted by molar-refractivity contribution is -0.132. The van der Waals surface area contributed by atoms with E-state index in [1.165, 1.54) is 12.1 Å². The Bertz CT molecular complexity index is 965. The molecule has 158 valence electrons. The van der Waals surface area contributed by atoms with Crippen LogP contribution in [0.3, 0.4) is 0 Å². The van der Waals surface area contributed by atoms with Crippen LogP contribution in [0, 0.1) is 19.7 Å². The lowest BCUT2D eigenvalue weighted by Crippen LogP contribution is -2.47. The van der Waals surface area contributed by atoms with Gasteiger partial charge in [-0.1, -0.05) is 6.07 Å². The summed E-state index contributed by atoms with van der Waals surface area (Å²) in [5.74, 6) is -0.292. The van der Waals surface area contributed by atoms with Gasteiger partial charge in [0.05, 0.1) is 6.04 Å². The van der Waals surface area contributed by atoms with Crippen LogP contribution in [-0.4, -0.2) is 54.8 Å². The van der Waals surface area contributed by atoms with E-state index < -0.39 is 0 Å². The Morgan fingerprint density at radius 1 is 1.03 bits per heavy atom. The Hall–Kier alpha value is -2.73. The molecule has 6 heteroatoms. The van der Waals surface area contributed by atoms with Crippen molar-refractivity contribution in [3.63, 3.8) is 0 Å². The zero-order valence-electron chi connectivity index (χ0n) is 17.8. The molecule has 1 unspecified atom stereocenters. The van der Waals surface area contributed by atoms with Gasteiger partial charge in [0.2, 0.25) is 5.91 Å². The van der Waals surface area contributed by atoms with E-state index in [1.807, 2.05) is 24.8 Å². The third-order valence-electron chi connectivity index (χ3n) is 6.38. The van der Waals surface area contributed by atoms with Crippen LogP contribution in [0.15, 0.2) is 36.4 Å². The number of carbonyl (C=O) groups excluding carboxylic acids is 2. The molecule has 1 atom stereocenters. The van der Waals surface area contributed by atoms with Gasteiger partial charge in [-0.2, -0.15) is 0 Å². The first kappa shape index (κ1) is 20.5. The molecular weight excluding hydrogens is 381 g/mol. The van der Waals surface area contributed by atoms with Crippen molar-refractivity contribution in [2.75, 3.05) is 38.1 Å². The minimum absolute atomic E-state index is 0.0863. The van der Waals surface area contributed by atoms with Crippen molar-refractivity contribution < 1.29 is 14.0 Å². The molecule has 0 radical (unpaired) electrons. The Balaban J connectivity index is 1.60. The number of amides is 2. The van der Waals surface area contributed by atoms with E-state index in [0.29, 0.717) is 24.1 Å². The second-order valence-corrected chi connectivity index (χ2v) is 8.41. The molecule has 0 aliphatic carbocycles. The second kappa shape index (κ2) is 8.19. The van der Waals surface area contributed by atoms with E-state index in [0.717, 1.165) is 42.9 Å². The van der Waals surface area contributed by atoms with Crippen LogP contribution in [-0.2, 0) is 4.79 Å². The predicted octanol–water partition coefficient (Wildman–Crippen LogP) is 3.70. The second-order valence-electron chi connectivity index (χ2n) is 8.41. The number of benzene rings is 2. The van der Waals surface area contributed by atoms with Gasteiger partial charge in [0.25, 0.3) is 5.91 Å². The number of hydrogen-bond acceptors (Lipinski definition) is 3. The number of fused-ring (bicyclic) bond motifs is 1. The number of halogens is 1. The molecule has 2 aromatic carbocycles. The molecule has 2 amide bonds. The van der Waals surface area contributed by atoms with Gasteiger partial charge in [-0.3, -0.25) is 9.59 Å². The largest absolute Gasteiger partial charge is 0.340 e. The van der Waals surface area contributed by atoms with Gasteiger partial charge in [-0.15, -0.1) is 0 Å². The third-order valence-corrected chi connectivity index (χ3v) is 6.38. The molecule has 1 saturated heterocycles. The Morgan fingerprint density at radius 2 is 1.67 bits per heavy atom. The molecule has 0 aromatic heterocycles. The lowest BCUT2D eigenvalue weighted by Gasteiger charge is -2.33. The summed E-state index contributed by atoms with van der Waals surface area (Å²) in [5, 5.41) is 0. The molecule has 4 rings (SSSR count). The molecule has 0 bridgehead atoms. The molecule has 30 heavy (non-hydrogen) atoms. The average Bonchev–Trinajstić information content (AvgIpc) is 2.99. The fourth-order valence-corrected chi connectivity index (χ4v) is 4.37. The summed E-state index contributed by atoms with van der Waals surface area (Å²) < 4.78 is 13.5. The first-order valence-electron chi connectivity index (χ1n) is 10.5. The number of aryl methyl sites for hydroxylation is 2. The number of nitrogens with zero attached hydrogens (tertiary/aromatic N) is 3. The summed E-state index contributed by atoms with van der Waals surface area (Å²) in [7, 11) is 2.06. The number of anilines is 1. The van der Waals surface area contributed by atoms with Gasteiger partial charge in [-0.25, -0.2) is 4.39 Å². The molecule has 2 aromatic rings. The molecule has 1 fully saturated rings. The first-order chi connectivity index (χ1) is 14.3. The minimum atomic E-state index is -0.337. The summed E-state index contributed by atoms with van der Waals surface area (Å²) in [5.41, 5.74) is 4.48. The lowest BCUT2D eigenvalue weighted by atomic mass is 9.95. The van der Waals surface area contributed by atoms with E-state index in [1.54, 1.807) is 17.0 Å². The van der Waals surface area contributed by atoms with Gasteiger partial charge < -0.3 is 14.7 Å². The highest BCUT2D eigenvalue weighted by Crippen LogP contribution is 2.41. The smallest absolute Gasteiger partial charge is 0.259 e. The van der Waals surface area contributed by atoms with Gasteiger partial charge in [0.1, 0.15) is 5.82 Å². The maximum atomic E-state index is 13.5. The van der Waals surface area contributed by atoms with Crippen LogP contribution in [0.1, 0.15) is 45.9 Å². The van der Waals surface area contributed by atoms with Gasteiger partial charge in [0.15, 0.2) is 0 Å². The first-order valence-corrected chi connectivity index (χ1v) is 10.5. The zero-order chi connectivity index (χ0) is 21.4. The molecular formula is C24H28FN3O2. The zero-order valence-corrected chi connectivity index (χ0v) is 17.8. The number of carbonyl (C=O) groups is 2. The van der Waals surface area contributed by atoms with Crippen molar-refractivity contribution >= 4 is 17.5 Å². The fraction of sp³-hybridized carbons (Fsp3) is 0.417. The number of hydrogen-bond donors (Lipinski definition) is 0. The summed E-state index contributed by atoms with van der Waals surface area (Å²) in [6.07, 6.45) is 0.926. The minimum Gasteiger partial charge on any atom is -0.340 e. The van der Waals surface area contributed by atoms with Crippen molar-refractivity contribution in [2.45, 2.75) is 32.7 Å². The number of piperazine rings is 1. The van der Waals surface area contributed by atoms with E-state index >= 15 is 0 Å². The normalized spacial score (nSPS) is 19.3. The SMILES string of the molecule is Cc1cc2c(cc1C)C(CCC(=O)N1CCN(C)CC1)N(c1ccc(F)cc1)C2=O. The number of likely N-dealkylation sites (N-methyl/N-ethyl adjacent to an activating group) is 1. The summed E-state index contributed by atoms with van der Waals surface area (Å²) >= 11 is 0. The molecule has 0 spiro atoms. The van der Waals surface area contributed by atoms with Crippen LogP contribution >= 0.6 is 0 Å². The van der Waals surface area contributed by atoms with Crippen molar-refractivity contribution in [1.82, 2.24) is 9.80 Å². The van der Waals surface area contributed by atoms with Crippen molar-refractivity contribution in [1.29, 1.82) is 0 Å². The molecule has 2 aliphatic rings. The topological polar surface area (TPSA) is 43.9 Å². The quantitative estimate of drug-likeness (QED) is 0.774. The highest BCUT2D eigenvalue weighted by atomic mass is 19.1. The number of rotatable bonds is 4. The van der Waals surface area contributed by atoms with E-state index in [9.17, 15) is 14.0 Å². The monoisotopic (exact) mass is 409 g/mol. The van der Waals surface area contributed by atoms with E-state index in [4.69, 9.17) is 0 Å². The summed E-state index contributed by atoms with van der Waals surface area (Å²) in [4.78, 5) is 31.9. The fourth-order valence-electron chi connectivity index (χ4n) is 4.37. The van der Waals surface area contributed by atoms with Crippen molar-refractivity contribution in [3.05, 3.63) is 64.5 Å². The highest BCUT2D eigenvalue weighted by Gasteiger charge is 2.38. The molecule has 2 heterocycles. The average molecular weight is 410 g/mol. The maximum absolute atomic E-state index is 13.5. The Labute approximate surface area is 177 Å². The highest BCUT2D eigenvalue weighted by molar-refractivity contribution is 6.11. The molecule has 0 saturated carbocycles. The van der Waals surface area contributed by atoms with E-state index in [2.05, 4.69) is 18.0 Å². The standard InChI is InChI=1S/C24H28FN3O2/c1-16-14-20-21(15-17(16)2)24(30)28(19-6-4-18(25)5-7-19)22(20)8-9-23(29)27-12-10-26(3)11-13-27/h4-7,14-15,22H,8-13H2,1-3H3. The predicted molar refractivity (Wildman–Crippen MR) is 115 cm³/mol. The van der Waals surface area contributed by atoms with Crippen LogP contribution in [0.2, 0.25) is 0 Å². The van der Waals surface area contributed by atoms with Crippen LogP contribution < -0.4 is 4.90 Å². The summed E-state index contributed by atoms with van der Waals surface area (Å²) in [6.45, 7) is 7.29. The molecule has 0 N–H and O–H groups in total. The molecule has 2 aliphatic heterocycles. The van der Waals surface area contributed by atoms with Gasteiger partial charge >= 0.3 is 0 Å². The van der Waals surface area contributed by atoms with Crippen molar-refractivity contribution in [2.24, 2.45) is 0 Å². The summed E-state index contributed by atoms with van der Waals surface area (Å²) in [6, 6.07) is 9.78. The van der Waals surface area contributed by atoms with Gasteiger partial charge in [0, 0.05) is 43.9 Å². The molecule has 5 nitrogen and oxygen atoms in total. The van der Waals surface area contributed by atoms with Crippen LogP contribution in [0.5, 0.6) is 0 Å². The van der Waals surface area contributed by atoms with Gasteiger partial charge in [-0.05, 0) is 74.3 Å². The van der Waals surface area contributed by atoms with E-state index in [-0.39, 0.29) is 23.7 Å². The Morgan fingerprint density at radius 3 is 2.33 bits per heavy atom. The van der Waals surface area contributed by atoms with Crippen molar-refractivity contribution in [3.8, 4) is 0 Å². The van der Waals surface area contributed by atoms with Crippen LogP contribution in [0.25, 0.3) is 0 Å². The van der Waals surface area contributed by atoms with Crippen LogP contribution in [0.4, 0.5) is 10.1 Å².